The van der Waals surface area contributed by atoms with Crippen molar-refractivity contribution in [2.45, 2.75) is 0 Å². The number of hydrogen-bond donors (Lipinski definition) is 0. The van der Waals surface area contributed by atoms with E-state index in [1.807, 2.05) is 97.1 Å². The minimum atomic E-state index is -0.598. The summed E-state index contributed by atoms with van der Waals surface area (Å²) in [6.07, 6.45) is 0. The fraction of sp³-hybridized carbons (Fsp3) is 0. The lowest BCUT2D eigenvalue weighted by Crippen LogP contribution is -1.95. The molecule has 0 nitrogen and oxygen atoms in total. The van der Waals surface area contributed by atoms with E-state index >= 15 is 17.6 Å². The number of benzene rings is 10. The maximum absolute atomic E-state index is 15.4. The van der Waals surface area contributed by atoms with Gasteiger partial charge in [-0.1, -0.05) is 127 Å². The van der Waals surface area contributed by atoms with Crippen LogP contribution in [0.1, 0.15) is 0 Å². The largest absolute Gasteiger partial charge is 0.206 e. The maximum Gasteiger partial charge on any atom is 0.134 e. The van der Waals surface area contributed by atoms with Crippen LogP contribution in [-0.4, -0.2) is 0 Å². The summed E-state index contributed by atoms with van der Waals surface area (Å²) in [5, 5.41) is 8.97. The van der Waals surface area contributed by atoms with Crippen molar-refractivity contribution in [1.29, 1.82) is 0 Å². The zero-order valence-corrected chi connectivity index (χ0v) is 30.9. The molecule has 0 fully saturated rings. The van der Waals surface area contributed by atoms with Crippen molar-refractivity contribution in [2.24, 2.45) is 0 Å². The molecule has 0 saturated heterocycles. The molecule has 11 aromatic rings. The molecule has 1 aromatic heterocycles. The number of fused-ring (bicyclic) bond motifs is 7. The van der Waals surface area contributed by atoms with Gasteiger partial charge in [0.15, 0.2) is 0 Å². The molecule has 0 aliphatic heterocycles. The summed E-state index contributed by atoms with van der Waals surface area (Å²) in [7, 11) is 0. The highest BCUT2D eigenvalue weighted by Gasteiger charge is 2.23. The lowest BCUT2D eigenvalue weighted by molar-refractivity contribution is 0.589. The van der Waals surface area contributed by atoms with Crippen LogP contribution in [0.15, 0.2) is 170 Å². The van der Waals surface area contributed by atoms with Crippen molar-refractivity contribution in [3.8, 4) is 44.5 Å². The molecular weight excluding hydrogens is 733 g/mol. The quantitative estimate of drug-likeness (QED) is 0.124. The minimum absolute atomic E-state index is 0.0261. The number of thiophene rings is 1. The van der Waals surface area contributed by atoms with Crippen LogP contribution in [0, 0.1) is 23.3 Å². The highest BCUT2D eigenvalue weighted by molar-refractivity contribution is 7.25. The Morgan fingerprint density at radius 1 is 0.246 bits per heavy atom. The number of hydrogen-bond acceptors (Lipinski definition) is 1. The summed E-state index contributed by atoms with van der Waals surface area (Å²) < 4.78 is 64.0. The lowest BCUT2D eigenvalue weighted by atomic mass is 9.85. The first-order valence-electron chi connectivity index (χ1n) is 18.7. The second kappa shape index (κ2) is 12.9. The van der Waals surface area contributed by atoms with Gasteiger partial charge in [0.2, 0.25) is 0 Å². The van der Waals surface area contributed by atoms with Gasteiger partial charge in [-0.25, -0.2) is 17.6 Å². The lowest BCUT2D eigenvalue weighted by Gasteiger charge is -2.18. The van der Waals surface area contributed by atoms with E-state index in [2.05, 4.69) is 36.4 Å². The molecular formula is C52H28F4S. The summed E-state index contributed by atoms with van der Waals surface area (Å²) >= 11 is 1.72. The Hall–Kier alpha value is -6.82. The molecule has 5 heteroatoms. The molecule has 0 unspecified atom stereocenters. The Morgan fingerprint density at radius 3 is 1.00 bits per heavy atom. The molecule has 0 atom stereocenters. The van der Waals surface area contributed by atoms with Gasteiger partial charge in [0.25, 0.3) is 0 Å². The molecule has 11 rings (SSSR count). The van der Waals surface area contributed by atoms with Crippen molar-refractivity contribution >= 4 is 74.6 Å². The Morgan fingerprint density at radius 2 is 0.596 bits per heavy atom. The van der Waals surface area contributed by atoms with E-state index in [0.717, 1.165) is 85.5 Å². The Labute approximate surface area is 328 Å². The van der Waals surface area contributed by atoms with Crippen LogP contribution in [0.5, 0.6) is 0 Å². The van der Waals surface area contributed by atoms with E-state index in [4.69, 9.17) is 0 Å². The number of rotatable bonds is 4. The molecule has 0 spiro atoms. The Kier molecular flexibility index (Phi) is 7.57. The molecule has 0 radical (unpaired) electrons. The summed E-state index contributed by atoms with van der Waals surface area (Å²) in [5.74, 6) is -2.39. The summed E-state index contributed by atoms with van der Waals surface area (Å²) in [6, 6.07) is 52.5. The standard InChI is InChI=1S/C52H28F4S/c53-41-19-9-20-42(54)51(41)49-36-15-5-1-11-32(36)47(33-12-2-6-16-37(33)49)29-24-26-45-40(27-29)31-25-23-30(28-46(31)57-45)48-34-13-3-7-17-38(34)50(39-18-8-4-14-35(39)48)52-43(55)21-10-22-44(52)56/h1-28H. The van der Waals surface area contributed by atoms with Crippen molar-refractivity contribution in [3.05, 3.63) is 193 Å². The zero-order chi connectivity index (χ0) is 38.4. The van der Waals surface area contributed by atoms with Crippen molar-refractivity contribution in [3.63, 3.8) is 0 Å². The summed E-state index contributed by atoms with van der Waals surface area (Å²) in [5.41, 5.74) is 5.06. The normalized spacial score (nSPS) is 11.9. The molecule has 270 valence electrons. The third-order valence-electron chi connectivity index (χ3n) is 11.3. The maximum atomic E-state index is 15.4. The van der Waals surface area contributed by atoms with E-state index in [1.165, 1.54) is 36.4 Å². The highest BCUT2D eigenvalue weighted by Crippen LogP contribution is 2.49. The van der Waals surface area contributed by atoms with Gasteiger partial charge in [-0.2, -0.15) is 0 Å². The SMILES string of the molecule is Fc1cccc(F)c1-c1c2ccccc2c(-c2ccc3c(c2)sc2ccc(-c4c5ccccc5c(-c5c(F)cccc5F)c5ccccc45)cc23)c2ccccc12. The van der Waals surface area contributed by atoms with E-state index in [9.17, 15) is 0 Å². The molecule has 0 saturated carbocycles. The van der Waals surface area contributed by atoms with Gasteiger partial charge < -0.3 is 0 Å². The first kappa shape index (κ1) is 33.5. The molecule has 10 aromatic carbocycles. The van der Waals surface area contributed by atoms with Crippen LogP contribution in [0.2, 0.25) is 0 Å². The molecule has 0 bridgehead atoms. The molecule has 0 amide bonds. The Bertz CT molecular complexity index is 3320. The van der Waals surface area contributed by atoms with Crippen LogP contribution in [0.25, 0.3) is 108 Å². The Balaban J connectivity index is 1.13. The second-order valence-electron chi connectivity index (χ2n) is 14.4. The van der Waals surface area contributed by atoms with Crippen molar-refractivity contribution in [2.75, 3.05) is 0 Å². The van der Waals surface area contributed by atoms with Crippen molar-refractivity contribution in [1.82, 2.24) is 0 Å². The van der Waals surface area contributed by atoms with E-state index in [-0.39, 0.29) is 11.1 Å². The molecule has 0 N–H and O–H groups in total. The monoisotopic (exact) mass is 760 g/mol. The van der Waals surface area contributed by atoms with Crippen LogP contribution < -0.4 is 0 Å². The average molecular weight is 761 g/mol. The van der Waals surface area contributed by atoms with Gasteiger partial charge in [0.1, 0.15) is 23.3 Å². The van der Waals surface area contributed by atoms with Gasteiger partial charge in [-0.15, -0.1) is 11.3 Å². The highest BCUT2D eigenvalue weighted by atomic mass is 32.1. The van der Waals surface area contributed by atoms with Gasteiger partial charge >= 0.3 is 0 Å². The second-order valence-corrected chi connectivity index (χ2v) is 15.5. The zero-order valence-electron chi connectivity index (χ0n) is 30.1. The smallest absolute Gasteiger partial charge is 0.134 e. The molecule has 1 heterocycles. The molecule has 0 aliphatic rings. The van der Waals surface area contributed by atoms with Crippen LogP contribution >= 0.6 is 11.3 Å². The minimum Gasteiger partial charge on any atom is -0.206 e. The van der Waals surface area contributed by atoms with Crippen LogP contribution in [0.3, 0.4) is 0 Å². The fourth-order valence-corrected chi connectivity index (χ4v) is 10.1. The first-order valence-corrected chi connectivity index (χ1v) is 19.5. The van der Waals surface area contributed by atoms with E-state index in [0.29, 0.717) is 11.1 Å². The average Bonchev–Trinajstić information content (AvgIpc) is 3.60. The van der Waals surface area contributed by atoms with E-state index < -0.39 is 23.3 Å². The van der Waals surface area contributed by atoms with Gasteiger partial charge in [0, 0.05) is 31.3 Å². The van der Waals surface area contributed by atoms with Gasteiger partial charge in [-0.3, -0.25) is 0 Å². The fourth-order valence-electron chi connectivity index (χ4n) is 8.98. The van der Waals surface area contributed by atoms with Crippen molar-refractivity contribution < 1.29 is 17.6 Å². The summed E-state index contributed by atoms with van der Waals surface area (Å²) in [4.78, 5) is 0. The van der Waals surface area contributed by atoms with Crippen LogP contribution in [-0.2, 0) is 0 Å². The topological polar surface area (TPSA) is 0 Å². The summed E-state index contributed by atoms with van der Waals surface area (Å²) in [6.45, 7) is 0. The van der Waals surface area contributed by atoms with Gasteiger partial charge in [-0.05, 0) is 108 Å². The first-order chi connectivity index (χ1) is 28.0. The third-order valence-corrected chi connectivity index (χ3v) is 12.5. The van der Waals surface area contributed by atoms with Crippen LogP contribution in [0.4, 0.5) is 17.6 Å². The molecule has 57 heavy (non-hydrogen) atoms. The van der Waals surface area contributed by atoms with E-state index in [1.54, 1.807) is 11.3 Å². The predicted molar refractivity (Wildman–Crippen MR) is 231 cm³/mol. The molecule has 0 aliphatic carbocycles. The predicted octanol–water partition coefficient (Wildman–Crippen LogP) is 15.9. The number of halogens is 4. The van der Waals surface area contributed by atoms with Gasteiger partial charge in [0.05, 0.1) is 11.1 Å². The third kappa shape index (κ3) is 5.05.